The highest BCUT2D eigenvalue weighted by molar-refractivity contribution is 5.70. The van der Waals surface area contributed by atoms with Crippen molar-refractivity contribution in [2.24, 2.45) is 5.73 Å². The Labute approximate surface area is 66.7 Å². The number of carbonyl (C=O) groups is 2. The first kappa shape index (κ1) is 12.6. The largest absolute Gasteiger partial charge is 0.466 e. The zero-order chi connectivity index (χ0) is 9.28. The molecule has 2 N–H and O–H groups in total. The average molecular weight is 161 g/mol. The van der Waals surface area contributed by atoms with Gasteiger partial charge in [0.15, 0.2) is 0 Å². The number of amides is 1. The maximum Gasteiger partial charge on any atom is 0.302 e. The summed E-state index contributed by atoms with van der Waals surface area (Å²) in [5.41, 5.74) is 4.47. The van der Waals surface area contributed by atoms with Crippen LogP contribution in [0, 0.1) is 0 Å². The molecule has 1 amide bonds. The number of nitrogens with two attached hydrogens (primary N) is 1. The van der Waals surface area contributed by atoms with Gasteiger partial charge in [-0.25, -0.2) is 0 Å². The summed E-state index contributed by atoms with van der Waals surface area (Å²) in [7, 11) is 0. The van der Waals surface area contributed by atoms with Crippen LogP contribution in [0.2, 0.25) is 0 Å². The molecule has 0 aliphatic carbocycles. The molecule has 11 heavy (non-hydrogen) atoms. The minimum absolute atomic E-state index is 0.193. The fraction of sp³-hybridized carbons (Fsp3) is 0.714. The Bertz CT molecular complexity index is 119. The van der Waals surface area contributed by atoms with Crippen LogP contribution >= 0.6 is 0 Å². The molecule has 0 aromatic heterocycles. The van der Waals surface area contributed by atoms with Gasteiger partial charge in [0.2, 0.25) is 5.91 Å². The summed E-state index contributed by atoms with van der Waals surface area (Å²) in [5, 5.41) is 0. The van der Waals surface area contributed by atoms with Crippen LogP contribution in [0.25, 0.3) is 0 Å². The summed E-state index contributed by atoms with van der Waals surface area (Å²) in [6.45, 7) is 5.23. The quantitative estimate of drug-likeness (QED) is 0.598. The van der Waals surface area contributed by atoms with Crippen molar-refractivity contribution in [3.8, 4) is 0 Å². The third-order valence-corrected chi connectivity index (χ3v) is 0.509. The van der Waals surface area contributed by atoms with E-state index < -0.39 is 0 Å². The van der Waals surface area contributed by atoms with Gasteiger partial charge >= 0.3 is 5.97 Å². The average Bonchev–Trinajstić information content (AvgIpc) is 1.82. The Morgan fingerprint density at radius 2 is 1.73 bits per heavy atom. The van der Waals surface area contributed by atoms with Crippen LogP contribution in [0.1, 0.15) is 27.2 Å². The standard InChI is InChI=1S/C5H10O2.C2H5NO/c1-3-4-7-5(2)6;1-2(3)4/h3-4H2,1-2H3;1H3,(H2,3,4). The number of carbonyl (C=O) groups excluding carboxylic acids is 2. The molecule has 0 bridgehead atoms. The molecular formula is C7H15NO3. The zero-order valence-corrected chi connectivity index (χ0v) is 7.22. The van der Waals surface area contributed by atoms with Crippen molar-refractivity contribution in [2.75, 3.05) is 6.61 Å². The molecule has 0 unspecified atom stereocenters. The lowest BCUT2D eigenvalue weighted by Crippen LogP contribution is -2.01. The fourth-order valence-corrected chi connectivity index (χ4v) is 0.246. The van der Waals surface area contributed by atoms with Crippen molar-refractivity contribution >= 4 is 11.9 Å². The van der Waals surface area contributed by atoms with E-state index in [1.165, 1.54) is 13.8 Å². The Morgan fingerprint density at radius 1 is 1.36 bits per heavy atom. The van der Waals surface area contributed by atoms with Crippen molar-refractivity contribution in [3.05, 3.63) is 0 Å². The monoisotopic (exact) mass is 161 g/mol. The van der Waals surface area contributed by atoms with E-state index in [1.807, 2.05) is 6.92 Å². The minimum Gasteiger partial charge on any atom is -0.466 e. The molecule has 0 spiro atoms. The van der Waals surface area contributed by atoms with Gasteiger partial charge in [-0.15, -0.1) is 0 Å². The molecule has 0 fully saturated rings. The highest BCUT2D eigenvalue weighted by Gasteiger charge is 1.85. The molecule has 4 nitrogen and oxygen atoms in total. The third kappa shape index (κ3) is 49.8. The Balaban J connectivity index is 0. The first-order valence-corrected chi connectivity index (χ1v) is 3.40. The normalized spacial score (nSPS) is 7.55. The van der Waals surface area contributed by atoms with E-state index in [4.69, 9.17) is 0 Å². The predicted octanol–water partition coefficient (Wildman–Crippen LogP) is 0.451. The van der Waals surface area contributed by atoms with Crippen molar-refractivity contribution in [3.63, 3.8) is 0 Å². The molecule has 0 saturated carbocycles. The lowest BCUT2D eigenvalue weighted by atomic mass is 10.5. The van der Waals surface area contributed by atoms with Crippen LogP contribution in [0.15, 0.2) is 0 Å². The number of hydrogen-bond donors (Lipinski definition) is 1. The lowest BCUT2D eigenvalue weighted by Gasteiger charge is -1.93. The molecule has 0 atom stereocenters. The minimum atomic E-state index is -0.333. The molecule has 66 valence electrons. The Kier molecular flexibility index (Phi) is 10.2. The summed E-state index contributed by atoms with van der Waals surface area (Å²) >= 11 is 0. The number of hydrogen-bond acceptors (Lipinski definition) is 3. The van der Waals surface area contributed by atoms with Crippen LogP contribution in [-0.2, 0) is 14.3 Å². The van der Waals surface area contributed by atoms with Gasteiger partial charge in [0.25, 0.3) is 0 Å². The van der Waals surface area contributed by atoms with Crippen molar-refractivity contribution in [2.45, 2.75) is 27.2 Å². The summed E-state index contributed by atoms with van der Waals surface area (Å²) in [4.78, 5) is 19.2. The molecule has 0 aromatic carbocycles. The second kappa shape index (κ2) is 8.94. The summed E-state index contributed by atoms with van der Waals surface area (Å²) < 4.78 is 4.55. The van der Waals surface area contributed by atoms with E-state index in [1.54, 1.807) is 0 Å². The van der Waals surface area contributed by atoms with E-state index in [0.717, 1.165) is 6.42 Å². The lowest BCUT2D eigenvalue weighted by molar-refractivity contribution is -0.140. The van der Waals surface area contributed by atoms with Gasteiger partial charge in [0.1, 0.15) is 0 Å². The van der Waals surface area contributed by atoms with E-state index in [-0.39, 0.29) is 11.9 Å². The van der Waals surface area contributed by atoms with Gasteiger partial charge in [-0.05, 0) is 6.42 Å². The molecular weight excluding hydrogens is 146 g/mol. The zero-order valence-electron chi connectivity index (χ0n) is 7.22. The highest BCUT2D eigenvalue weighted by atomic mass is 16.5. The third-order valence-electron chi connectivity index (χ3n) is 0.509. The van der Waals surface area contributed by atoms with Crippen LogP contribution in [0.5, 0.6) is 0 Å². The van der Waals surface area contributed by atoms with Crippen molar-refractivity contribution in [1.29, 1.82) is 0 Å². The smallest absolute Gasteiger partial charge is 0.302 e. The van der Waals surface area contributed by atoms with E-state index >= 15 is 0 Å². The van der Waals surface area contributed by atoms with E-state index in [0.29, 0.717) is 6.61 Å². The summed E-state index contributed by atoms with van der Waals surface area (Å²) in [6.07, 6.45) is 0.902. The Morgan fingerprint density at radius 3 is 1.82 bits per heavy atom. The number of ether oxygens (including phenoxy) is 1. The van der Waals surface area contributed by atoms with Gasteiger partial charge in [-0.3, -0.25) is 9.59 Å². The van der Waals surface area contributed by atoms with Gasteiger partial charge in [0.05, 0.1) is 6.61 Å². The SMILES string of the molecule is CC(N)=O.CCCOC(C)=O. The van der Waals surface area contributed by atoms with Gasteiger partial charge in [-0.1, -0.05) is 6.92 Å². The molecule has 0 radical (unpaired) electrons. The molecule has 0 heterocycles. The number of primary amides is 1. The highest BCUT2D eigenvalue weighted by Crippen LogP contribution is 1.78. The molecule has 0 aliphatic rings. The van der Waals surface area contributed by atoms with Crippen molar-refractivity contribution in [1.82, 2.24) is 0 Å². The second-order valence-corrected chi connectivity index (χ2v) is 1.95. The summed E-state index contributed by atoms with van der Waals surface area (Å²) in [5.74, 6) is -0.526. The molecule has 0 aliphatic heterocycles. The predicted molar refractivity (Wildman–Crippen MR) is 41.8 cm³/mol. The molecule has 0 aromatic rings. The first-order valence-electron chi connectivity index (χ1n) is 3.40. The van der Waals surface area contributed by atoms with Crippen LogP contribution in [-0.4, -0.2) is 18.5 Å². The maximum atomic E-state index is 9.98. The molecule has 0 rings (SSSR count). The first-order chi connectivity index (χ1) is 5.00. The number of rotatable bonds is 2. The Hall–Kier alpha value is -1.06. The molecule has 0 saturated heterocycles. The molecule has 4 heteroatoms. The van der Waals surface area contributed by atoms with Gasteiger partial charge < -0.3 is 10.5 Å². The van der Waals surface area contributed by atoms with Crippen LogP contribution < -0.4 is 5.73 Å². The second-order valence-electron chi connectivity index (χ2n) is 1.95. The topological polar surface area (TPSA) is 69.4 Å². The van der Waals surface area contributed by atoms with Crippen LogP contribution in [0.3, 0.4) is 0 Å². The maximum absolute atomic E-state index is 9.98. The van der Waals surface area contributed by atoms with Crippen LogP contribution in [0.4, 0.5) is 0 Å². The summed E-state index contributed by atoms with van der Waals surface area (Å²) in [6, 6.07) is 0. The van der Waals surface area contributed by atoms with E-state index in [9.17, 15) is 9.59 Å². The van der Waals surface area contributed by atoms with E-state index in [2.05, 4.69) is 10.5 Å². The van der Waals surface area contributed by atoms with Crippen molar-refractivity contribution < 1.29 is 14.3 Å². The number of esters is 1. The van der Waals surface area contributed by atoms with Gasteiger partial charge in [-0.2, -0.15) is 0 Å². The fourth-order valence-electron chi connectivity index (χ4n) is 0.246. The van der Waals surface area contributed by atoms with Gasteiger partial charge in [0, 0.05) is 13.8 Å².